The first kappa shape index (κ1) is 37.3. The van der Waals surface area contributed by atoms with E-state index >= 15 is 0 Å². The van der Waals surface area contributed by atoms with Gasteiger partial charge in [-0.15, -0.1) is 0 Å². The lowest BCUT2D eigenvalue weighted by Gasteiger charge is -2.37. The number of benzene rings is 8. The molecule has 1 unspecified atom stereocenters. The fourth-order valence-corrected chi connectivity index (χ4v) is 12.7. The summed E-state index contributed by atoms with van der Waals surface area (Å²) in [6.07, 6.45) is 18.8. The van der Waals surface area contributed by atoms with Crippen molar-refractivity contribution in [3.05, 3.63) is 256 Å². The quantitative estimate of drug-likeness (QED) is 0.162. The summed E-state index contributed by atoms with van der Waals surface area (Å²) in [4.78, 5) is 2.50. The monoisotopic (exact) mass is 819 g/mol. The molecule has 1 nitrogen and oxygen atoms in total. The molecule has 64 heavy (non-hydrogen) atoms. The van der Waals surface area contributed by atoms with Crippen LogP contribution < -0.4 is 15.3 Å². The largest absolute Gasteiger partial charge is 0.310 e. The highest BCUT2D eigenvalue weighted by Gasteiger charge is 2.47. The Morgan fingerprint density at radius 3 is 1.83 bits per heavy atom. The Balaban J connectivity index is 1.01. The van der Waals surface area contributed by atoms with Gasteiger partial charge in [0.1, 0.15) is 0 Å². The van der Waals surface area contributed by atoms with Gasteiger partial charge in [0.05, 0.1) is 5.41 Å². The third-order valence-electron chi connectivity index (χ3n) is 15.4. The number of hydrogen-bond acceptors (Lipinski definition) is 1. The molecule has 8 aromatic carbocycles. The third kappa shape index (κ3) is 5.43. The number of rotatable bonds is 6. The molecule has 1 spiro atoms. The second-order valence-electron chi connectivity index (χ2n) is 18.6. The van der Waals surface area contributed by atoms with Crippen LogP contribution in [0.2, 0.25) is 0 Å². The molecule has 1 fully saturated rings. The predicted molar refractivity (Wildman–Crippen MR) is 267 cm³/mol. The van der Waals surface area contributed by atoms with Crippen LogP contribution in [-0.2, 0) is 10.8 Å². The van der Waals surface area contributed by atoms with Crippen molar-refractivity contribution in [2.75, 3.05) is 4.90 Å². The van der Waals surface area contributed by atoms with Crippen molar-refractivity contribution in [3.63, 3.8) is 0 Å². The van der Waals surface area contributed by atoms with Crippen molar-refractivity contribution in [1.29, 1.82) is 0 Å². The molecule has 0 radical (unpaired) electrons. The first-order valence-corrected chi connectivity index (χ1v) is 23.4. The van der Waals surface area contributed by atoms with E-state index in [2.05, 4.69) is 223 Å². The molecule has 1 atom stereocenters. The van der Waals surface area contributed by atoms with Gasteiger partial charge >= 0.3 is 0 Å². The molecule has 1 heteroatoms. The number of fused-ring (bicyclic) bond motifs is 10. The minimum atomic E-state index is -0.490. The van der Waals surface area contributed by atoms with Gasteiger partial charge in [-0.2, -0.15) is 0 Å². The van der Waals surface area contributed by atoms with Crippen LogP contribution >= 0.6 is 0 Å². The van der Waals surface area contributed by atoms with Crippen LogP contribution in [0.4, 0.5) is 17.1 Å². The van der Waals surface area contributed by atoms with E-state index in [0.717, 1.165) is 23.5 Å². The van der Waals surface area contributed by atoms with E-state index in [4.69, 9.17) is 0 Å². The van der Waals surface area contributed by atoms with Gasteiger partial charge < -0.3 is 4.90 Å². The van der Waals surface area contributed by atoms with Crippen molar-refractivity contribution in [3.8, 4) is 33.4 Å². The fourth-order valence-electron chi connectivity index (χ4n) is 12.7. The summed E-state index contributed by atoms with van der Waals surface area (Å²) in [5.41, 5.74) is 20.8. The number of allylic oxidation sites excluding steroid dienone is 4. The van der Waals surface area contributed by atoms with Crippen LogP contribution in [0.25, 0.3) is 45.0 Å². The molecule has 0 N–H and O–H groups in total. The Kier molecular flexibility index (Phi) is 8.57. The van der Waals surface area contributed by atoms with E-state index in [1.807, 2.05) is 0 Å². The average Bonchev–Trinajstić information content (AvgIpc) is 3.82. The molecule has 13 rings (SSSR count). The SMILES string of the molecule is C1=CC2=c3ccc(N(c4ccc(-c5cccc6c5C5(CCCCC5)c5ccccc5-6)cc4)c4ccc5c(c4)C(c4ccccc4)(c4ccccc4)c4ccccc4-5)cc3=CCC2C=C1. The molecule has 0 aliphatic heterocycles. The molecular weight excluding hydrogens is 771 g/mol. The van der Waals surface area contributed by atoms with Gasteiger partial charge in [-0.25, -0.2) is 0 Å². The van der Waals surface area contributed by atoms with Gasteiger partial charge in [-0.1, -0.05) is 201 Å². The molecular formula is C63H49N. The summed E-state index contributed by atoms with van der Waals surface area (Å²) in [6, 6.07) is 71.6. The van der Waals surface area contributed by atoms with Crippen LogP contribution in [0.3, 0.4) is 0 Å². The zero-order valence-electron chi connectivity index (χ0n) is 36.1. The van der Waals surface area contributed by atoms with E-state index < -0.39 is 5.41 Å². The first-order valence-electron chi connectivity index (χ1n) is 23.4. The van der Waals surface area contributed by atoms with Gasteiger partial charge in [-0.3, -0.25) is 0 Å². The van der Waals surface area contributed by atoms with Crippen LogP contribution in [-0.4, -0.2) is 0 Å². The molecule has 306 valence electrons. The zero-order valence-corrected chi connectivity index (χ0v) is 36.1. The van der Waals surface area contributed by atoms with Crippen LogP contribution in [0.5, 0.6) is 0 Å². The normalized spacial score (nSPS) is 17.7. The summed E-state index contributed by atoms with van der Waals surface area (Å²) in [5, 5.41) is 2.64. The first-order chi connectivity index (χ1) is 31.7. The second-order valence-corrected chi connectivity index (χ2v) is 18.6. The lowest BCUT2D eigenvalue weighted by Crippen LogP contribution is -2.33. The zero-order chi connectivity index (χ0) is 42.2. The topological polar surface area (TPSA) is 3.24 Å². The van der Waals surface area contributed by atoms with Gasteiger partial charge in [0.2, 0.25) is 0 Å². The summed E-state index contributed by atoms with van der Waals surface area (Å²) in [5.74, 6) is 0.439. The van der Waals surface area contributed by atoms with E-state index in [9.17, 15) is 0 Å². The molecule has 0 amide bonds. The minimum absolute atomic E-state index is 0.0808. The van der Waals surface area contributed by atoms with Gasteiger partial charge in [0.25, 0.3) is 0 Å². The number of nitrogens with zero attached hydrogens (tertiary/aromatic N) is 1. The third-order valence-corrected chi connectivity index (χ3v) is 15.4. The predicted octanol–water partition coefficient (Wildman–Crippen LogP) is 14.5. The van der Waals surface area contributed by atoms with E-state index in [-0.39, 0.29) is 5.41 Å². The fraction of sp³-hybridized carbons (Fsp3) is 0.143. The van der Waals surface area contributed by atoms with Gasteiger partial charge in [0, 0.05) is 28.4 Å². The Hall–Kier alpha value is -7.22. The average molecular weight is 820 g/mol. The van der Waals surface area contributed by atoms with E-state index in [1.165, 1.54) is 109 Å². The lowest BCUT2D eigenvalue weighted by molar-refractivity contribution is 0.353. The van der Waals surface area contributed by atoms with Crippen LogP contribution in [0.1, 0.15) is 71.9 Å². The molecule has 0 heterocycles. The van der Waals surface area contributed by atoms with E-state index in [0.29, 0.717) is 5.92 Å². The van der Waals surface area contributed by atoms with Gasteiger partial charge in [0.15, 0.2) is 0 Å². The van der Waals surface area contributed by atoms with Crippen molar-refractivity contribution in [2.45, 2.75) is 49.4 Å². The standard InChI is InChI=1S/C63H49N/c1-4-18-46(19-5-1)63(47-20-6-2-7-21-47)59-28-13-11-23-54(59)56-38-36-50(42-60(56)63)64(49-35-37-52-45(41-49)30-29-43-17-8-9-22-51(43)52)48-33-31-44(32-34-48)53-25-16-26-57-55-24-10-12-27-58(55)62(61(53)57)39-14-3-15-40-62/h1-2,4-13,16-28,30-38,41-43H,3,14-15,29,39-40H2. The maximum Gasteiger partial charge on any atom is 0.0714 e. The second kappa shape index (κ2) is 14.7. The number of anilines is 3. The summed E-state index contributed by atoms with van der Waals surface area (Å²) < 4.78 is 0. The lowest BCUT2D eigenvalue weighted by atomic mass is 9.66. The Morgan fingerprint density at radius 2 is 1.06 bits per heavy atom. The number of hydrogen-bond donors (Lipinski definition) is 0. The molecule has 0 saturated heterocycles. The van der Waals surface area contributed by atoms with Crippen LogP contribution in [0.15, 0.2) is 212 Å². The van der Waals surface area contributed by atoms with E-state index in [1.54, 1.807) is 5.56 Å². The highest BCUT2D eigenvalue weighted by molar-refractivity contribution is 5.91. The van der Waals surface area contributed by atoms with Crippen molar-refractivity contribution >= 4 is 28.7 Å². The van der Waals surface area contributed by atoms with Crippen molar-refractivity contribution in [2.24, 2.45) is 5.92 Å². The van der Waals surface area contributed by atoms with Crippen LogP contribution in [0, 0.1) is 5.92 Å². The highest BCUT2D eigenvalue weighted by atomic mass is 15.1. The van der Waals surface area contributed by atoms with Crippen molar-refractivity contribution in [1.82, 2.24) is 0 Å². The molecule has 1 saturated carbocycles. The smallest absolute Gasteiger partial charge is 0.0714 e. The molecule has 5 aliphatic rings. The summed E-state index contributed by atoms with van der Waals surface area (Å²) >= 11 is 0. The molecule has 0 bridgehead atoms. The molecule has 8 aromatic rings. The highest BCUT2D eigenvalue weighted by Crippen LogP contribution is 2.59. The molecule has 5 aliphatic carbocycles. The Morgan fingerprint density at radius 1 is 0.453 bits per heavy atom. The molecule has 0 aromatic heterocycles. The summed E-state index contributed by atoms with van der Waals surface area (Å²) in [6.45, 7) is 0. The summed E-state index contributed by atoms with van der Waals surface area (Å²) in [7, 11) is 0. The maximum absolute atomic E-state index is 2.50. The Bertz CT molecular complexity index is 3290. The Labute approximate surface area is 376 Å². The maximum atomic E-state index is 2.50. The minimum Gasteiger partial charge on any atom is -0.310 e. The van der Waals surface area contributed by atoms with Crippen molar-refractivity contribution < 1.29 is 0 Å². The van der Waals surface area contributed by atoms with Gasteiger partial charge in [-0.05, 0) is 138 Å².